The number of piperidine rings is 1. The van der Waals surface area contributed by atoms with Crippen LogP contribution in [0.3, 0.4) is 0 Å². The molecule has 1 fully saturated rings. The minimum Gasteiger partial charge on any atom is -0.443 e. The van der Waals surface area contributed by atoms with E-state index < -0.39 is 17.9 Å². The molecule has 1 saturated heterocycles. The fourth-order valence-electron chi connectivity index (χ4n) is 6.11. The van der Waals surface area contributed by atoms with Gasteiger partial charge in [0, 0.05) is 25.8 Å². The summed E-state index contributed by atoms with van der Waals surface area (Å²) >= 11 is 6.04. The van der Waals surface area contributed by atoms with Crippen LogP contribution in [0, 0.1) is 0 Å². The number of aromatic nitrogens is 6. The number of nitrogens with zero attached hydrogens (tertiary/aromatic N) is 7. The van der Waals surface area contributed by atoms with Crippen LogP contribution in [0.25, 0.3) is 22.6 Å². The zero-order chi connectivity index (χ0) is 32.9. The van der Waals surface area contributed by atoms with E-state index in [1.54, 1.807) is 37.7 Å². The SMILES string of the molecule is CO[C@H](C)Cn1c(CN2CCC(c3cccc4c3OC(C)(c3ccc(Cl)cn3)O4)CC2)nc2cc(-c3noc(C(F)(F)F)n3)ncc21. The van der Waals surface area contributed by atoms with Crippen molar-refractivity contribution < 1.29 is 31.9 Å². The molecule has 47 heavy (non-hydrogen) atoms. The van der Waals surface area contributed by atoms with Gasteiger partial charge in [0.2, 0.25) is 5.82 Å². The average Bonchev–Trinajstić information content (AvgIpc) is 3.77. The molecular formula is C32H31ClF3N7O4. The van der Waals surface area contributed by atoms with Crippen molar-refractivity contribution >= 4 is 22.6 Å². The maximum absolute atomic E-state index is 13.0. The summed E-state index contributed by atoms with van der Waals surface area (Å²) in [7, 11) is 1.64. The molecule has 5 aromatic rings. The zero-order valence-corrected chi connectivity index (χ0v) is 26.5. The van der Waals surface area contributed by atoms with Gasteiger partial charge in [-0.15, -0.1) is 0 Å². The van der Waals surface area contributed by atoms with Crippen LogP contribution in [-0.4, -0.2) is 60.9 Å². The Morgan fingerprint density at radius 2 is 1.89 bits per heavy atom. The van der Waals surface area contributed by atoms with E-state index in [2.05, 4.69) is 35.6 Å². The van der Waals surface area contributed by atoms with E-state index in [-0.39, 0.29) is 23.5 Å². The number of hydrogen-bond donors (Lipinski definition) is 0. The number of likely N-dealkylation sites (tertiary alicyclic amines) is 1. The van der Waals surface area contributed by atoms with Crippen molar-refractivity contribution in [1.82, 2.24) is 34.6 Å². The monoisotopic (exact) mass is 669 g/mol. The fraction of sp³-hybridized carbons (Fsp3) is 0.406. The number of imidazole rings is 1. The van der Waals surface area contributed by atoms with Gasteiger partial charge in [-0.3, -0.25) is 14.9 Å². The molecule has 7 rings (SSSR count). The minimum absolute atomic E-state index is 0.112. The van der Waals surface area contributed by atoms with Crippen LogP contribution in [-0.2, 0) is 29.8 Å². The molecule has 0 N–H and O–H groups in total. The first-order valence-corrected chi connectivity index (χ1v) is 15.5. The molecule has 2 aliphatic rings. The number of rotatable bonds is 8. The van der Waals surface area contributed by atoms with Crippen molar-refractivity contribution in [1.29, 1.82) is 0 Å². The number of benzene rings is 1. The molecule has 246 valence electrons. The van der Waals surface area contributed by atoms with Crippen LogP contribution in [0.15, 0.2) is 53.3 Å². The van der Waals surface area contributed by atoms with Gasteiger partial charge in [-0.25, -0.2) is 4.98 Å². The first-order valence-electron chi connectivity index (χ1n) is 15.2. The topological polar surface area (TPSA) is 113 Å². The van der Waals surface area contributed by atoms with E-state index in [9.17, 15) is 13.2 Å². The van der Waals surface area contributed by atoms with Crippen molar-refractivity contribution in [2.45, 2.75) is 63.8 Å². The number of methoxy groups -OCH3 is 1. The van der Waals surface area contributed by atoms with Gasteiger partial charge in [0.25, 0.3) is 5.79 Å². The van der Waals surface area contributed by atoms with E-state index in [0.717, 1.165) is 48.6 Å². The van der Waals surface area contributed by atoms with Gasteiger partial charge in [0.15, 0.2) is 11.5 Å². The second-order valence-corrected chi connectivity index (χ2v) is 12.3. The van der Waals surface area contributed by atoms with Gasteiger partial charge < -0.3 is 23.3 Å². The number of halogens is 4. The molecule has 4 aromatic heterocycles. The van der Waals surface area contributed by atoms with Crippen molar-refractivity contribution in [3.05, 3.63) is 76.8 Å². The summed E-state index contributed by atoms with van der Waals surface area (Å²) < 4.78 is 63.7. The van der Waals surface area contributed by atoms with Gasteiger partial charge >= 0.3 is 12.1 Å². The molecule has 15 heteroatoms. The second-order valence-electron chi connectivity index (χ2n) is 11.9. The first-order chi connectivity index (χ1) is 22.5. The van der Waals surface area contributed by atoms with E-state index in [1.807, 2.05) is 30.5 Å². The van der Waals surface area contributed by atoms with Crippen molar-refractivity contribution in [2.24, 2.45) is 0 Å². The number of para-hydroxylation sites is 1. The highest BCUT2D eigenvalue weighted by Crippen LogP contribution is 2.49. The third-order valence-corrected chi connectivity index (χ3v) is 8.87. The predicted octanol–water partition coefficient (Wildman–Crippen LogP) is 6.61. The summed E-state index contributed by atoms with van der Waals surface area (Å²) in [4.78, 5) is 19.4. The highest BCUT2D eigenvalue weighted by Gasteiger charge is 2.42. The number of ether oxygens (including phenoxy) is 3. The molecule has 0 aliphatic carbocycles. The number of fused-ring (bicyclic) bond motifs is 2. The lowest BCUT2D eigenvalue weighted by Gasteiger charge is -2.32. The van der Waals surface area contributed by atoms with Crippen LogP contribution in [0.4, 0.5) is 13.2 Å². The maximum atomic E-state index is 13.0. The van der Waals surface area contributed by atoms with Gasteiger partial charge in [0.05, 0.1) is 41.4 Å². The van der Waals surface area contributed by atoms with E-state index in [0.29, 0.717) is 35.1 Å². The smallest absolute Gasteiger partial charge is 0.443 e. The Morgan fingerprint density at radius 1 is 1.09 bits per heavy atom. The van der Waals surface area contributed by atoms with Crippen LogP contribution < -0.4 is 9.47 Å². The van der Waals surface area contributed by atoms with Gasteiger partial charge in [-0.05, 0) is 63.0 Å². The van der Waals surface area contributed by atoms with Crippen molar-refractivity contribution in [3.8, 4) is 23.0 Å². The molecule has 0 spiro atoms. The molecule has 1 aromatic carbocycles. The highest BCUT2D eigenvalue weighted by atomic mass is 35.5. The Labute approximate surface area is 272 Å². The Kier molecular flexibility index (Phi) is 8.05. The summed E-state index contributed by atoms with van der Waals surface area (Å²) in [6.07, 6.45) is 0.0921. The van der Waals surface area contributed by atoms with Crippen molar-refractivity contribution in [3.63, 3.8) is 0 Å². The lowest BCUT2D eigenvalue weighted by molar-refractivity contribution is -0.159. The van der Waals surface area contributed by atoms with Gasteiger partial charge in [-0.1, -0.05) is 28.9 Å². The molecule has 0 saturated carbocycles. The standard InChI is InChI=1S/C32H31ClF3N7O4/c1-18(44-3)16-43-24-15-37-23(29-40-30(47-41-29)32(34,35)36)13-22(24)39-27(43)17-42-11-9-19(10-12-42)21-5-4-6-25-28(21)46-31(2,45-25)26-8-7-20(33)14-38-26/h4-8,13-15,18-19H,9-12,16-17H2,1-3H3/t18-,31?/m1/s1. The maximum Gasteiger partial charge on any atom is 0.471 e. The molecule has 0 amide bonds. The van der Waals surface area contributed by atoms with E-state index in [4.69, 9.17) is 30.8 Å². The Balaban J connectivity index is 1.08. The number of hydrogen-bond acceptors (Lipinski definition) is 10. The molecule has 2 aliphatic heterocycles. The lowest BCUT2D eigenvalue weighted by Crippen LogP contribution is -2.34. The highest BCUT2D eigenvalue weighted by molar-refractivity contribution is 6.30. The molecular weight excluding hydrogens is 639 g/mol. The zero-order valence-electron chi connectivity index (χ0n) is 25.8. The molecule has 0 radical (unpaired) electrons. The number of pyridine rings is 2. The first kappa shape index (κ1) is 31.3. The molecule has 2 atom stereocenters. The van der Waals surface area contributed by atoms with Crippen LogP contribution in [0.1, 0.15) is 55.6 Å². The predicted molar refractivity (Wildman–Crippen MR) is 164 cm³/mol. The van der Waals surface area contributed by atoms with E-state index in [1.165, 1.54) is 0 Å². The molecule has 0 bridgehead atoms. The molecule has 1 unspecified atom stereocenters. The lowest BCUT2D eigenvalue weighted by atomic mass is 9.88. The van der Waals surface area contributed by atoms with Crippen LogP contribution >= 0.6 is 11.6 Å². The Hall–Kier alpha value is -4.27. The quantitative estimate of drug-likeness (QED) is 0.179. The summed E-state index contributed by atoms with van der Waals surface area (Å²) in [5.41, 5.74) is 3.18. The Morgan fingerprint density at radius 3 is 2.60 bits per heavy atom. The fourth-order valence-corrected chi connectivity index (χ4v) is 6.23. The van der Waals surface area contributed by atoms with E-state index >= 15 is 0 Å². The normalized spacial score (nSPS) is 19.5. The third kappa shape index (κ3) is 6.12. The minimum atomic E-state index is -4.75. The van der Waals surface area contributed by atoms with Crippen LogP contribution in [0.2, 0.25) is 5.02 Å². The van der Waals surface area contributed by atoms with Crippen molar-refractivity contribution in [2.75, 3.05) is 20.2 Å². The van der Waals surface area contributed by atoms with Gasteiger partial charge in [-0.2, -0.15) is 18.2 Å². The molecule has 11 nitrogen and oxygen atoms in total. The summed E-state index contributed by atoms with van der Waals surface area (Å²) in [6.45, 7) is 6.54. The summed E-state index contributed by atoms with van der Waals surface area (Å²) in [5, 5.41) is 4.01. The largest absolute Gasteiger partial charge is 0.471 e. The summed E-state index contributed by atoms with van der Waals surface area (Å²) in [6, 6.07) is 11.2. The number of alkyl halides is 3. The molecule has 6 heterocycles. The average molecular weight is 670 g/mol. The van der Waals surface area contributed by atoms with Crippen LogP contribution in [0.5, 0.6) is 11.5 Å². The second kappa shape index (κ2) is 12.1. The Bertz CT molecular complexity index is 1910. The summed E-state index contributed by atoms with van der Waals surface area (Å²) in [5.74, 6) is -0.239. The third-order valence-electron chi connectivity index (χ3n) is 8.65. The van der Waals surface area contributed by atoms with Gasteiger partial charge in [0.1, 0.15) is 17.2 Å².